The molecule has 3 rings (SSSR count). The molecule has 0 amide bonds. The van der Waals surface area contributed by atoms with Crippen LogP contribution in [0.3, 0.4) is 0 Å². The molecule has 0 bridgehead atoms. The minimum atomic E-state index is -1.06. The van der Waals surface area contributed by atoms with E-state index in [0.29, 0.717) is 28.5 Å². The largest absolute Gasteiger partial charge is 0.495 e. The van der Waals surface area contributed by atoms with E-state index in [9.17, 15) is 15.2 Å². The Morgan fingerprint density at radius 3 is 2.77 bits per heavy atom. The van der Waals surface area contributed by atoms with E-state index >= 15 is 0 Å². The first-order valence-corrected chi connectivity index (χ1v) is 6.97. The maximum atomic E-state index is 11.4. The van der Waals surface area contributed by atoms with E-state index in [4.69, 9.17) is 4.74 Å². The molecule has 1 saturated carbocycles. The molecule has 1 heterocycles. The summed E-state index contributed by atoms with van der Waals surface area (Å²) in [5.41, 5.74) is 2.37. The number of hydrogen-bond donors (Lipinski definition) is 1. The molecule has 0 saturated heterocycles. The Morgan fingerprint density at radius 2 is 2.18 bits per heavy atom. The number of carboxylic acid groups (broad SMARTS) is 1. The lowest BCUT2D eigenvalue weighted by Crippen LogP contribution is -2.04. The van der Waals surface area contributed by atoms with Gasteiger partial charge in [-0.2, -0.15) is 5.26 Å². The van der Waals surface area contributed by atoms with Gasteiger partial charge in [-0.15, -0.1) is 0 Å². The molecule has 1 aromatic heterocycles. The van der Waals surface area contributed by atoms with Crippen molar-refractivity contribution in [1.29, 1.82) is 5.26 Å². The highest BCUT2D eigenvalue weighted by atomic mass is 16.5. The number of methoxy groups -OCH3 is 1. The van der Waals surface area contributed by atoms with Crippen LogP contribution in [0.15, 0.2) is 30.5 Å². The number of ether oxygens (including phenoxy) is 1. The number of nitrogens with zero attached hydrogens (tertiary/aromatic N) is 2. The minimum absolute atomic E-state index is 0.0869. The average Bonchev–Trinajstić information content (AvgIpc) is 3.38. The molecule has 0 aliphatic heterocycles. The van der Waals surface area contributed by atoms with Gasteiger partial charge < -0.3 is 9.84 Å². The molecule has 2 aromatic rings. The molecule has 0 unspecified atom stereocenters. The van der Waals surface area contributed by atoms with Crippen LogP contribution in [0.5, 0.6) is 5.75 Å². The Labute approximate surface area is 127 Å². The molecule has 1 aliphatic rings. The van der Waals surface area contributed by atoms with E-state index in [0.717, 1.165) is 18.4 Å². The lowest BCUT2D eigenvalue weighted by atomic mass is 9.96. The Hall–Kier alpha value is -2.87. The highest BCUT2D eigenvalue weighted by molar-refractivity contribution is 5.96. The summed E-state index contributed by atoms with van der Waals surface area (Å²) in [5, 5.41) is 18.8. The number of carbonyl (C=O) groups is 1. The first kappa shape index (κ1) is 14.1. The van der Waals surface area contributed by atoms with Crippen LogP contribution in [0.2, 0.25) is 0 Å². The first-order chi connectivity index (χ1) is 10.7. The van der Waals surface area contributed by atoms with Crippen molar-refractivity contribution in [1.82, 2.24) is 4.98 Å². The van der Waals surface area contributed by atoms with Crippen molar-refractivity contribution in [2.45, 2.75) is 18.8 Å². The number of pyridine rings is 1. The van der Waals surface area contributed by atoms with Gasteiger partial charge in [-0.1, -0.05) is 6.07 Å². The monoisotopic (exact) mass is 294 g/mol. The molecule has 1 aromatic carbocycles. The van der Waals surface area contributed by atoms with Gasteiger partial charge in [0.2, 0.25) is 0 Å². The fraction of sp³-hybridized carbons (Fsp3) is 0.235. The molecule has 22 heavy (non-hydrogen) atoms. The summed E-state index contributed by atoms with van der Waals surface area (Å²) in [7, 11) is 1.49. The van der Waals surface area contributed by atoms with E-state index in [1.165, 1.54) is 19.4 Å². The zero-order valence-corrected chi connectivity index (χ0v) is 12.0. The third kappa shape index (κ3) is 2.29. The Bertz CT molecular complexity index is 789. The van der Waals surface area contributed by atoms with Crippen LogP contribution in [-0.2, 0) is 0 Å². The second kappa shape index (κ2) is 5.49. The fourth-order valence-corrected chi connectivity index (χ4v) is 2.64. The number of aromatic nitrogens is 1. The molecule has 1 fully saturated rings. The normalized spacial score (nSPS) is 13.5. The fourth-order valence-electron chi connectivity index (χ4n) is 2.64. The second-order valence-electron chi connectivity index (χ2n) is 5.20. The van der Waals surface area contributed by atoms with Crippen molar-refractivity contribution < 1.29 is 14.6 Å². The number of benzene rings is 1. The molecule has 1 N–H and O–H groups in total. The first-order valence-electron chi connectivity index (χ1n) is 6.97. The number of aromatic carboxylic acids is 1. The smallest absolute Gasteiger partial charge is 0.337 e. The van der Waals surface area contributed by atoms with Crippen molar-refractivity contribution in [3.05, 3.63) is 47.2 Å². The lowest BCUT2D eigenvalue weighted by Gasteiger charge is -2.14. The third-order valence-corrected chi connectivity index (χ3v) is 3.82. The number of rotatable bonds is 4. The summed E-state index contributed by atoms with van der Waals surface area (Å²) in [6.07, 6.45) is 3.67. The molecule has 110 valence electrons. The van der Waals surface area contributed by atoms with Gasteiger partial charge in [-0.05, 0) is 42.5 Å². The van der Waals surface area contributed by atoms with Crippen molar-refractivity contribution in [2.75, 3.05) is 7.11 Å². The lowest BCUT2D eigenvalue weighted by molar-refractivity contribution is 0.0697. The van der Waals surface area contributed by atoms with Crippen LogP contribution in [0.4, 0.5) is 0 Å². The molecule has 0 radical (unpaired) electrons. The Morgan fingerprint density at radius 1 is 1.41 bits per heavy atom. The predicted octanol–water partition coefficient (Wildman–Crippen LogP) is 3.20. The van der Waals surface area contributed by atoms with Gasteiger partial charge in [-0.3, -0.25) is 4.98 Å². The standard InChI is InChI=1S/C17H14N2O3/c1-22-16-12(15-13(17(20)21)3-2-8-19-15)7-6-11(10-4-5-10)14(16)9-18/h2-3,6-8,10H,4-5H2,1H3,(H,20,21). The quantitative estimate of drug-likeness (QED) is 0.936. The van der Waals surface area contributed by atoms with Gasteiger partial charge in [0.1, 0.15) is 11.8 Å². The zero-order valence-electron chi connectivity index (χ0n) is 12.0. The van der Waals surface area contributed by atoms with Gasteiger partial charge in [0.25, 0.3) is 0 Å². The summed E-state index contributed by atoms with van der Waals surface area (Å²) in [5.74, 6) is -0.261. The van der Waals surface area contributed by atoms with E-state index in [2.05, 4.69) is 11.1 Å². The van der Waals surface area contributed by atoms with E-state index in [1.54, 1.807) is 12.1 Å². The molecule has 5 heteroatoms. The molecule has 5 nitrogen and oxygen atoms in total. The van der Waals surface area contributed by atoms with Gasteiger partial charge in [0, 0.05) is 11.8 Å². The highest BCUT2D eigenvalue weighted by Gasteiger charge is 2.29. The van der Waals surface area contributed by atoms with Crippen molar-refractivity contribution >= 4 is 5.97 Å². The van der Waals surface area contributed by atoms with Crippen molar-refractivity contribution in [2.24, 2.45) is 0 Å². The molecule has 0 atom stereocenters. The van der Waals surface area contributed by atoms with Crippen molar-refractivity contribution in [3.63, 3.8) is 0 Å². The van der Waals surface area contributed by atoms with Gasteiger partial charge in [0.05, 0.1) is 23.9 Å². The molecular formula is C17H14N2O3. The van der Waals surface area contributed by atoms with Gasteiger partial charge in [0.15, 0.2) is 0 Å². The summed E-state index contributed by atoms with van der Waals surface area (Å²) in [4.78, 5) is 15.6. The number of nitriles is 1. The van der Waals surface area contributed by atoms with Crippen LogP contribution in [0, 0.1) is 11.3 Å². The third-order valence-electron chi connectivity index (χ3n) is 3.82. The maximum absolute atomic E-state index is 11.4. The van der Waals surface area contributed by atoms with E-state index in [-0.39, 0.29) is 5.56 Å². The van der Waals surface area contributed by atoms with Crippen molar-refractivity contribution in [3.8, 4) is 23.1 Å². The van der Waals surface area contributed by atoms with E-state index < -0.39 is 5.97 Å². The Balaban J connectivity index is 2.24. The second-order valence-corrected chi connectivity index (χ2v) is 5.20. The molecule has 0 spiro atoms. The van der Waals surface area contributed by atoms with Gasteiger partial charge in [-0.25, -0.2) is 4.79 Å². The SMILES string of the molecule is COc1c(-c2ncccc2C(=O)O)ccc(C2CC2)c1C#N. The molecular weight excluding hydrogens is 280 g/mol. The summed E-state index contributed by atoms with van der Waals surface area (Å²) < 4.78 is 5.42. The number of carboxylic acids is 1. The predicted molar refractivity (Wildman–Crippen MR) is 79.9 cm³/mol. The Kier molecular flexibility index (Phi) is 3.51. The van der Waals surface area contributed by atoms with Crippen LogP contribution in [0.1, 0.15) is 40.2 Å². The van der Waals surface area contributed by atoms with Crippen LogP contribution in [0.25, 0.3) is 11.3 Å². The topological polar surface area (TPSA) is 83.2 Å². The minimum Gasteiger partial charge on any atom is -0.495 e. The summed E-state index contributed by atoms with van der Waals surface area (Å²) in [6, 6.07) is 8.94. The average molecular weight is 294 g/mol. The number of hydrogen-bond acceptors (Lipinski definition) is 4. The molecule has 1 aliphatic carbocycles. The van der Waals surface area contributed by atoms with Crippen LogP contribution >= 0.6 is 0 Å². The highest BCUT2D eigenvalue weighted by Crippen LogP contribution is 2.46. The van der Waals surface area contributed by atoms with Crippen LogP contribution in [-0.4, -0.2) is 23.2 Å². The van der Waals surface area contributed by atoms with Crippen LogP contribution < -0.4 is 4.74 Å². The summed E-state index contributed by atoms with van der Waals surface area (Å²) in [6.45, 7) is 0. The summed E-state index contributed by atoms with van der Waals surface area (Å²) >= 11 is 0. The zero-order chi connectivity index (χ0) is 15.7. The van der Waals surface area contributed by atoms with E-state index in [1.807, 2.05) is 6.07 Å². The maximum Gasteiger partial charge on any atom is 0.337 e. The van der Waals surface area contributed by atoms with Gasteiger partial charge >= 0.3 is 5.97 Å².